The van der Waals surface area contributed by atoms with Crippen molar-refractivity contribution in [2.75, 3.05) is 5.43 Å². The monoisotopic (exact) mass is 359 g/mol. The van der Waals surface area contributed by atoms with Gasteiger partial charge in [0.25, 0.3) is 5.69 Å². The van der Waals surface area contributed by atoms with Crippen molar-refractivity contribution in [1.82, 2.24) is 5.43 Å². The molecule has 2 aromatic rings. The van der Waals surface area contributed by atoms with E-state index in [0.717, 1.165) is 10.9 Å². The van der Waals surface area contributed by atoms with E-state index in [-0.39, 0.29) is 12.1 Å². The first-order valence-electron chi connectivity index (χ1n) is 6.70. The second-order valence-electron chi connectivity index (χ2n) is 4.74. The fourth-order valence-electron chi connectivity index (χ4n) is 1.86. The Morgan fingerprint density at radius 2 is 2.04 bits per heavy atom. The number of thiophene rings is 1. The van der Waals surface area contributed by atoms with Crippen LogP contribution in [0.5, 0.6) is 0 Å². The normalized spacial score (nSPS) is 11.1. The van der Waals surface area contributed by atoms with Gasteiger partial charge in [-0.3, -0.25) is 25.8 Å². The van der Waals surface area contributed by atoms with Crippen LogP contribution >= 0.6 is 11.3 Å². The minimum atomic E-state index is -4.69. The molecule has 0 radical (unpaired) electrons. The van der Waals surface area contributed by atoms with Gasteiger partial charge >= 0.3 is 6.18 Å². The van der Waals surface area contributed by atoms with Gasteiger partial charge in [-0.1, -0.05) is 6.07 Å². The summed E-state index contributed by atoms with van der Waals surface area (Å²) in [5.74, 6) is -0.433. The molecule has 1 aromatic heterocycles. The van der Waals surface area contributed by atoms with E-state index >= 15 is 0 Å². The molecule has 2 rings (SSSR count). The molecule has 1 amide bonds. The summed E-state index contributed by atoms with van der Waals surface area (Å²) >= 11 is 1.49. The topological polar surface area (TPSA) is 84.3 Å². The molecule has 0 aliphatic rings. The number of carbonyl (C=O) groups is 1. The highest BCUT2D eigenvalue weighted by atomic mass is 32.1. The average Bonchev–Trinajstić information content (AvgIpc) is 3.03. The van der Waals surface area contributed by atoms with Crippen LogP contribution in [0.4, 0.5) is 24.5 Å². The number of nitrogens with zero attached hydrogens (tertiary/aromatic N) is 1. The van der Waals surface area contributed by atoms with E-state index in [9.17, 15) is 28.1 Å². The molecule has 0 aliphatic heterocycles. The molecule has 2 N–H and O–H groups in total. The molecule has 6 nitrogen and oxygen atoms in total. The SMILES string of the molecule is O=C(CCc1cccs1)NNc1ccc(C(F)(F)F)cc1[N+](=O)[O-]. The number of nitro groups is 1. The van der Waals surface area contributed by atoms with Crippen molar-refractivity contribution in [3.05, 3.63) is 56.3 Å². The zero-order chi connectivity index (χ0) is 17.7. The van der Waals surface area contributed by atoms with Gasteiger partial charge in [-0.15, -0.1) is 11.3 Å². The molecule has 1 aromatic carbocycles. The number of anilines is 1. The van der Waals surface area contributed by atoms with Gasteiger partial charge in [-0.25, -0.2) is 0 Å². The van der Waals surface area contributed by atoms with Crippen LogP contribution in [0.3, 0.4) is 0 Å². The summed E-state index contributed by atoms with van der Waals surface area (Å²) in [6, 6.07) is 5.74. The highest BCUT2D eigenvalue weighted by Gasteiger charge is 2.33. The summed E-state index contributed by atoms with van der Waals surface area (Å²) in [5, 5.41) is 12.8. The van der Waals surface area contributed by atoms with Gasteiger partial charge in [0.2, 0.25) is 5.91 Å². The molecule has 0 bridgehead atoms. The summed E-state index contributed by atoms with van der Waals surface area (Å²) < 4.78 is 37.8. The lowest BCUT2D eigenvalue weighted by Crippen LogP contribution is -2.29. The second kappa shape index (κ2) is 7.30. The van der Waals surface area contributed by atoms with Gasteiger partial charge in [0.05, 0.1) is 10.5 Å². The number of hydrazine groups is 1. The van der Waals surface area contributed by atoms with Gasteiger partial charge in [-0.05, 0) is 30.0 Å². The number of carbonyl (C=O) groups excluding carboxylic acids is 1. The fourth-order valence-corrected chi connectivity index (χ4v) is 2.56. The van der Waals surface area contributed by atoms with E-state index in [1.807, 2.05) is 17.5 Å². The number of benzene rings is 1. The van der Waals surface area contributed by atoms with Crippen LogP contribution in [0, 0.1) is 10.1 Å². The Kier molecular flexibility index (Phi) is 5.39. The number of nitro benzene ring substituents is 1. The van der Waals surface area contributed by atoms with Gasteiger partial charge in [0, 0.05) is 17.4 Å². The molecular formula is C14H12F3N3O3S. The number of hydrogen-bond acceptors (Lipinski definition) is 5. The average molecular weight is 359 g/mol. The number of alkyl halides is 3. The van der Waals surface area contributed by atoms with Crippen molar-refractivity contribution in [1.29, 1.82) is 0 Å². The van der Waals surface area contributed by atoms with Crippen molar-refractivity contribution < 1.29 is 22.9 Å². The highest BCUT2D eigenvalue weighted by molar-refractivity contribution is 7.09. The third kappa shape index (κ3) is 4.69. The molecule has 0 unspecified atom stereocenters. The van der Waals surface area contributed by atoms with Crippen LogP contribution in [-0.4, -0.2) is 10.8 Å². The quantitative estimate of drug-likeness (QED) is 0.608. The Morgan fingerprint density at radius 1 is 1.29 bits per heavy atom. The standard InChI is InChI=1S/C14H12F3N3O3S/c15-14(16,17)9-3-5-11(12(8-9)20(22)23)18-19-13(21)6-4-10-2-1-7-24-10/h1-3,5,7-8,18H,4,6H2,(H,19,21). The molecule has 0 fully saturated rings. The lowest BCUT2D eigenvalue weighted by Gasteiger charge is -2.11. The maximum Gasteiger partial charge on any atom is 0.416 e. The van der Waals surface area contributed by atoms with Gasteiger partial charge in [0.15, 0.2) is 0 Å². The van der Waals surface area contributed by atoms with Crippen molar-refractivity contribution in [3.8, 4) is 0 Å². The van der Waals surface area contributed by atoms with Gasteiger partial charge in [-0.2, -0.15) is 13.2 Å². The first kappa shape index (κ1) is 17.7. The van der Waals surface area contributed by atoms with Crippen LogP contribution in [0.1, 0.15) is 16.9 Å². The second-order valence-corrected chi connectivity index (χ2v) is 5.77. The molecular weight excluding hydrogens is 347 g/mol. The van der Waals surface area contributed by atoms with Gasteiger partial charge in [0.1, 0.15) is 5.69 Å². The lowest BCUT2D eigenvalue weighted by atomic mass is 10.1. The Hall–Kier alpha value is -2.62. The number of halogens is 3. The fraction of sp³-hybridized carbons (Fsp3) is 0.214. The molecule has 10 heteroatoms. The third-order valence-corrected chi connectivity index (χ3v) is 3.97. The molecule has 128 valence electrons. The molecule has 0 aliphatic carbocycles. The smallest absolute Gasteiger partial charge is 0.292 e. The van der Waals surface area contributed by atoms with Crippen LogP contribution in [0.15, 0.2) is 35.7 Å². The van der Waals surface area contributed by atoms with Crippen LogP contribution in [-0.2, 0) is 17.4 Å². The largest absolute Gasteiger partial charge is 0.416 e. The maximum absolute atomic E-state index is 12.6. The molecule has 1 heterocycles. The number of amides is 1. The zero-order valence-electron chi connectivity index (χ0n) is 12.1. The summed E-state index contributed by atoms with van der Waals surface area (Å²) in [7, 11) is 0. The van der Waals surface area contributed by atoms with E-state index in [1.165, 1.54) is 11.3 Å². The zero-order valence-corrected chi connectivity index (χ0v) is 12.9. The van der Waals surface area contributed by atoms with E-state index in [2.05, 4.69) is 10.9 Å². The van der Waals surface area contributed by atoms with Crippen molar-refractivity contribution in [2.45, 2.75) is 19.0 Å². The predicted octanol–water partition coefficient (Wildman–Crippen LogP) is 3.75. The minimum absolute atomic E-state index is 0.141. The first-order valence-corrected chi connectivity index (χ1v) is 7.58. The minimum Gasteiger partial charge on any atom is -0.292 e. The number of rotatable bonds is 6. The molecule has 0 saturated carbocycles. The molecule has 0 spiro atoms. The Bertz CT molecular complexity index is 733. The number of nitrogens with one attached hydrogen (secondary N) is 2. The Labute approximate surface area is 138 Å². The van der Waals surface area contributed by atoms with E-state index in [1.54, 1.807) is 0 Å². The summed E-state index contributed by atoms with van der Waals surface area (Å²) in [5.41, 5.74) is 2.41. The summed E-state index contributed by atoms with van der Waals surface area (Å²) in [6.07, 6.45) is -4.05. The van der Waals surface area contributed by atoms with Crippen LogP contribution < -0.4 is 10.9 Å². The van der Waals surface area contributed by atoms with Crippen molar-refractivity contribution >= 4 is 28.6 Å². The van der Waals surface area contributed by atoms with Gasteiger partial charge < -0.3 is 0 Å². The Balaban J connectivity index is 2.01. The lowest BCUT2D eigenvalue weighted by molar-refractivity contribution is -0.384. The van der Waals surface area contributed by atoms with Crippen molar-refractivity contribution in [2.24, 2.45) is 0 Å². The highest BCUT2D eigenvalue weighted by Crippen LogP contribution is 2.34. The Morgan fingerprint density at radius 3 is 2.62 bits per heavy atom. The molecule has 0 saturated heterocycles. The van der Waals surface area contributed by atoms with Crippen molar-refractivity contribution in [3.63, 3.8) is 0 Å². The number of hydrogen-bond donors (Lipinski definition) is 2. The van der Waals surface area contributed by atoms with E-state index < -0.39 is 28.3 Å². The van der Waals surface area contributed by atoms with Crippen LogP contribution in [0.25, 0.3) is 0 Å². The number of aryl methyl sites for hydroxylation is 1. The summed E-state index contributed by atoms with van der Waals surface area (Å²) in [6.45, 7) is 0. The van der Waals surface area contributed by atoms with E-state index in [4.69, 9.17) is 0 Å². The molecule has 0 atom stereocenters. The maximum atomic E-state index is 12.6. The van der Waals surface area contributed by atoms with Crippen LogP contribution in [0.2, 0.25) is 0 Å². The molecule has 24 heavy (non-hydrogen) atoms. The first-order chi connectivity index (χ1) is 11.3. The third-order valence-electron chi connectivity index (χ3n) is 3.04. The van der Waals surface area contributed by atoms with E-state index in [0.29, 0.717) is 18.6 Å². The summed E-state index contributed by atoms with van der Waals surface area (Å²) in [4.78, 5) is 22.7. The predicted molar refractivity (Wildman–Crippen MR) is 82.5 cm³/mol.